The number of aliphatic hydroxyl groups is 1. The van der Waals surface area contributed by atoms with Gasteiger partial charge in [0.25, 0.3) is 11.7 Å². The van der Waals surface area contributed by atoms with Gasteiger partial charge in [-0.25, -0.2) is 4.79 Å². The number of carbonyl (C=O) groups excluding carboxylic acids is 1. The van der Waals surface area contributed by atoms with E-state index in [4.69, 9.17) is 14.6 Å². The lowest BCUT2D eigenvalue weighted by Gasteiger charge is -2.05. The molecule has 1 aromatic heterocycles. The summed E-state index contributed by atoms with van der Waals surface area (Å²) in [6.45, 7) is -0.0475. The van der Waals surface area contributed by atoms with Crippen molar-refractivity contribution in [3.63, 3.8) is 0 Å². The summed E-state index contributed by atoms with van der Waals surface area (Å²) in [7, 11) is 0. The van der Waals surface area contributed by atoms with E-state index in [2.05, 4.69) is 5.32 Å². The number of hydrogen-bond donors (Lipinski definition) is 3. The normalized spacial score (nSPS) is 12.4. The van der Waals surface area contributed by atoms with Crippen molar-refractivity contribution in [3.8, 4) is 0 Å². The molecule has 1 amide bonds. The summed E-state index contributed by atoms with van der Waals surface area (Å²) in [6.07, 6.45) is -1.69. The Kier molecular flexibility index (Phi) is 6.46. The molecule has 1 atom stereocenters. The molecule has 0 fully saturated rings. The summed E-state index contributed by atoms with van der Waals surface area (Å²) in [5, 5.41) is 19.8. The molecule has 0 spiro atoms. The third-order valence-electron chi connectivity index (χ3n) is 2.23. The highest BCUT2D eigenvalue weighted by Gasteiger charge is 2.15. The lowest BCUT2D eigenvalue weighted by molar-refractivity contribution is -0.146. The van der Waals surface area contributed by atoms with E-state index in [-0.39, 0.29) is 30.2 Å². The zero-order valence-electron chi connectivity index (χ0n) is 10.2. The van der Waals surface area contributed by atoms with Crippen LogP contribution >= 0.6 is 11.8 Å². The molecule has 0 radical (unpaired) electrons. The Balaban J connectivity index is 2.38. The predicted octanol–water partition coefficient (Wildman–Crippen LogP) is 1.30. The van der Waals surface area contributed by atoms with Gasteiger partial charge in [0.15, 0.2) is 11.9 Å². The van der Waals surface area contributed by atoms with Crippen molar-refractivity contribution >= 4 is 23.6 Å². The number of hydrogen-bond acceptors (Lipinski definition) is 5. The predicted molar refractivity (Wildman–Crippen MR) is 66.6 cm³/mol. The van der Waals surface area contributed by atoms with Gasteiger partial charge in [-0.1, -0.05) is 11.8 Å². The Hall–Kier alpha value is -1.61. The van der Waals surface area contributed by atoms with Crippen molar-refractivity contribution in [2.75, 3.05) is 6.54 Å². The number of carboxylic acid groups (broad SMARTS) is 1. The van der Waals surface area contributed by atoms with Gasteiger partial charge in [0.2, 0.25) is 0 Å². The van der Waals surface area contributed by atoms with Crippen LogP contribution in [-0.4, -0.2) is 40.5 Å². The van der Waals surface area contributed by atoms with E-state index in [0.717, 1.165) is 0 Å². The number of amides is 1. The van der Waals surface area contributed by atoms with Crippen molar-refractivity contribution in [1.29, 1.82) is 0 Å². The minimum absolute atomic E-state index is 0.0475. The summed E-state index contributed by atoms with van der Waals surface area (Å²) in [4.78, 5) is 21.9. The van der Waals surface area contributed by atoms with E-state index in [1.54, 1.807) is 0 Å². The maximum absolute atomic E-state index is 12.0. The topological polar surface area (TPSA) is 99.8 Å². The largest absolute Gasteiger partial charge is 0.479 e. The Labute approximate surface area is 117 Å². The molecule has 9 heteroatoms. The van der Waals surface area contributed by atoms with Gasteiger partial charge >= 0.3 is 5.97 Å². The minimum atomic E-state index is -2.52. The summed E-state index contributed by atoms with van der Waals surface area (Å²) in [5.74, 6) is -4.36. The zero-order chi connectivity index (χ0) is 15.1. The van der Waals surface area contributed by atoms with Gasteiger partial charge in [-0.15, -0.1) is 0 Å². The quantitative estimate of drug-likeness (QED) is 0.669. The second-order valence-electron chi connectivity index (χ2n) is 3.74. The smallest absolute Gasteiger partial charge is 0.332 e. The van der Waals surface area contributed by atoms with Crippen LogP contribution in [0.5, 0.6) is 0 Å². The molecule has 1 rings (SSSR count). The maximum Gasteiger partial charge on any atom is 0.332 e. The molecule has 1 aromatic rings. The molecule has 0 saturated heterocycles. The third-order valence-corrected chi connectivity index (χ3v) is 2.93. The molecular formula is C11H13F2NO5S. The third kappa shape index (κ3) is 5.57. The lowest BCUT2D eigenvalue weighted by atomic mass is 10.2. The van der Waals surface area contributed by atoms with Crippen molar-refractivity contribution in [3.05, 3.63) is 23.7 Å². The molecule has 20 heavy (non-hydrogen) atoms. The number of rotatable bonds is 8. The monoisotopic (exact) mass is 309 g/mol. The molecule has 0 bridgehead atoms. The number of thioether (sulfide) groups is 1. The number of carbonyl (C=O) groups is 2. The van der Waals surface area contributed by atoms with Crippen LogP contribution in [0, 0.1) is 0 Å². The second-order valence-corrected chi connectivity index (χ2v) is 4.71. The van der Waals surface area contributed by atoms with Gasteiger partial charge in [-0.05, 0) is 12.1 Å². The number of aliphatic carboxylic acids is 1. The first-order chi connectivity index (χ1) is 9.40. The van der Waals surface area contributed by atoms with Gasteiger partial charge in [0.1, 0.15) is 5.76 Å². The first-order valence-electron chi connectivity index (χ1n) is 5.57. The van der Waals surface area contributed by atoms with Gasteiger partial charge in [0, 0.05) is 13.0 Å². The van der Waals surface area contributed by atoms with E-state index in [9.17, 15) is 18.4 Å². The summed E-state index contributed by atoms with van der Waals surface area (Å²) in [5.41, 5.74) is 0. The molecule has 0 aromatic carbocycles. The number of nitrogens with one attached hydrogen (secondary N) is 1. The Morgan fingerprint density at radius 1 is 1.40 bits per heavy atom. The van der Waals surface area contributed by atoms with Crippen LogP contribution in [0.3, 0.4) is 0 Å². The highest BCUT2D eigenvalue weighted by Crippen LogP contribution is 2.21. The van der Waals surface area contributed by atoms with Crippen LogP contribution in [0.4, 0.5) is 8.78 Å². The summed E-state index contributed by atoms with van der Waals surface area (Å²) >= 11 is 0.377. The molecule has 0 aliphatic heterocycles. The Morgan fingerprint density at radius 2 is 2.10 bits per heavy atom. The van der Waals surface area contributed by atoms with E-state index in [1.807, 2.05) is 0 Å². The van der Waals surface area contributed by atoms with E-state index in [0.29, 0.717) is 11.8 Å². The van der Waals surface area contributed by atoms with Crippen LogP contribution in [0.1, 0.15) is 22.7 Å². The second kappa shape index (κ2) is 7.85. The standard InChI is InChI=1S/C11H13F2NO5S/c12-11(13)20-5-6-1-2-8(19-6)9(16)14-4-3-7(15)10(17)18/h1-2,7,11,15H,3-5H2,(H,14,16)(H,17,18)/t7-/m0/s1. The summed E-state index contributed by atoms with van der Waals surface area (Å²) in [6, 6.07) is 2.75. The molecule has 3 N–H and O–H groups in total. The molecule has 0 saturated carbocycles. The number of aliphatic hydroxyl groups excluding tert-OH is 1. The zero-order valence-corrected chi connectivity index (χ0v) is 11.0. The average molecular weight is 309 g/mol. The molecule has 112 valence electrons. The first-order valence-corrected chi connectivity index (χ1v) is 6.62. The Bertz CT molecular complexity index is 465. The average Bonchev–Trinajstić information content (AvgIpc) is 2.84. The molecule has 0 unspecified atom stereocenters. The lowest BCUT2D eigenvalue weighted by Crippen LogP contribution is -2.29. The Morgan fingerprint density at radius 3 is 2.70 bits per heavy atom. The molecule has 0 aliphatic rings. The van der Waals surface area contributed by atoms with E-state index in [1.165, 1.54) is 12.1 Å². The van der Waals surface area contributed by atoms with Crippen molar-refractivity contribution in [2.45, 2.75) is 24.0 Å². The minimum Gasteiger partial charge on any atom is -0.479 e. The van der Waals surface area contributed by atoms with Crippen molar-refractivity contribution in [2.24, 2.45) is 0 Å². The van der Waals surface area contributed by atoms with Crippen molar-refractivity contribution in [1.82, 2.24) is 5.32 Å². The number of furan rings is 1. The van der Waals surface area contributed by atoms with Crippen LogP contribution in [0.25, 0.3) is 0 Å². The first kappa shape index (κ1) is 16.4. The van der Waals surface area contributed by atoms with Gasteiger partial charge < -0.3 is 19.9 Å². The number of carboxylic acids is 1. The van der Waals surface area contributed by atoms with E-state index < -0.39 is 23.7 Å². The molecule has 1 heterocycles. The van der Waals surface area contributed by atoms with E-state index >= 15 is 0 Å². The van der Waals surface area contributed by atoms with Crippen LogP contribution in [-0.2, 0) is 10.5 Å². The fraction of sp³-hybridized carbons (Fsp3) is 0.455. The number of halogens is 2. The summed E-state index contributed by atoms with van der Waals surface area (Å²) < 4.78 is 29.0. The maximum atomic E-state index is 12.0. The highest BCUT2D eigenvalue weighted by molar-refractivity contribution is 7.98. The SMILES string of the molecule is O=C(NCC[C@H](O)C(=O)O)c1ccc(CSC(F)F)o1. The van der Waals surface area contributed by atoms with Gasteiger partial charge in [-0.3, -0.25) is 4.79 Å². The number of alkyl halides is 2. The van der Waals surface area contributed by atoms with Crippen LogP contribution in [0.15, 0.2) is 16.5 Å². The van der Waals surface area contributed by atoms with Gasteiger partial charge in [-0.2, -0.15) is 8.78 Å². The van der Waals surface area contributed by atoms with Crippen LogP contribution in [0.2, 0.25) is 0 Å². The molecule has 6 nitrogen and oxygen atoms in total. The highest BCUT2D eigenvalue weighted by atomic mass is 32.2. The molecule has 0 aliphatic carbocycles. The fourth-order valence-electron chi connectivity index (χ4n) is 1.26. The fourth-order valence-corrected chi connectivity index (χ4v) is 1.70. The van der Waals surface area contributed by atoms with Crippen molar-refractivity contribution < 1.29 is 33.0 Å². The van der Waals surface area contributed by atoms with Gasteiger partial charge in [0.05, 0.1) is 5.75 Å². The molecular weight excluding hydrogens is 296 g/mol. The van der Waals surface area contributed by atoms with Crippen LogP contribution < -0.4 is 5.32 Å².